The van der Waals surface area contributed by atoms with Gasteiger partial charge in [-0.2, -0.15) is 0 Å². The first kappa shape index (κ1) is 19.5. The van der Waals surface area contributed by atoms with Crippen LogP contribution in [0.1, 0.15) is 39.4 Å². The van der Waals surface area contributed by atoms with Crippen LogP contribution in [0.4, 0.5) is 5.69 Å². The number of nitrogens with one attached hydrogen (secondary N) is 3. The lowest BCUT2D eigenvalue weighted by Crippen LogP contribution is -2.34. The zero-order valence-electron chi connectivity index (χ0n) is 14.7. The van der Waals surface area contributed by atoms with Crippen LogP contribution in [0.15, 0.2) is 18.2 Å². The van der Waals surface area contributed by atoms with E-state index in [1.54, 1.807) is 19.1 Å². The van der Waals surface area contributed by atoms with E-state index in [9.17, 15) is 9.59 Å². The highest BCUT2D eigenvalue weighted by atomic mass is 35.5. The molecule has 3 rings (SSSR count). The second kappa shape index (κ2) is 8.21. The number of aromatic amines is 1. The van der Waals surface area contributed by atoms with Gasteiger partial charge in [-0.3, -0.25) is 9.59 Å². The monoisotopic (exact) mass is 410 g/mol. The normalized spacial score (nSPS) is 14.8. The first-order chi connectivity index (χ1) is 12.9. The minimum absolute atomic E-state index is 0.0205. The Morgan fingerprint density at radius 2 is 1.93 bits per heavy atom. The summed E-state index contributed by atoms with van der Waals surface area (Å²) < 4.78 is 6.04. The molecule has 7 nitrogen and oxygen atoms in total. The number of aromatic nitrogens is 1. The molecule has 5 N–H and O–H groups in total. The molecule has 0 aliphatic carbocycles. The molecule has 1 aliphatic heterocycles. The smallest absolute Gasteiger partial charge is 0.273 e. The fraction of sp³-hybridized carbons (Fsp3) is 0.333. The van der Waals surface area contributed by atoms with Crippen LogP contribution in [0.3, 0.4) is 0 Å². The van der Waals surface area contributed by atoms with Gasteiger partial charge in [0.15, 0.2) is 0 Å². The van der Waals surface area contributed by atoms with Crippen LogP contribution in [0.2, 0.25) is 10.0 Å². The van der Waals surface area contributed by atoms with Crippen LogP contribution >= 0.6 is 23.2 Å². The summed E-state index contributed by atoms with van der Waals surface area (Å²) in [7, 11) is 0. The maximum absolute atomic E-state index is 12.7. The number of amides is 2. The number of aryl methyl sites for hydroxylation is 1. The Bertz CT molecular complexity index is 876. The third-order valence-corrected chi connectivity index (χ3v) is 5.32. The van der Waals surface area contributed by atoms with Crippen LogP contribution in [-0.2, 0) is 0 Å². The number of rotatable bonds is 5. The van der Waals surface area contributed by atoms with Crippen LogP contribution in [-0.4, -0.2) is 36.0 Å². The molecule has 0 saturated carbocycles. The second-order valence-corrected chi connectivity index (χ2v) is 7.11. The van der Waals surface area contributed by atoms with Gasteiger partial charge in [0.1, 0.15) is 17.5 Å². The van der Waals surface area contributed by atoms with Crippen molar-refractivity contribution in [2.45, 2.75) is 25.9 Å². The molecule has 9 heteroatoms. The fourth-order valence-electron chi connectivity index (χ4n) is 2.89. The van der Waals surface area contributed by atoms with Crippen molar-refractivity contribution in [1.82, 2.24) is 10.3 Å². The molecule has 2 aromatic rings. The number of piperidine rings is 1. The number of carbonyl (C=O) groups is 2. The molecule has 1 fully saturated rings. The summed E-state index contributed by atoms with van der Waals surface area (Å²) in [6.45, 7) is 3.44. The Hall–Kier alpha value is -2.22. The van der Waals surface area contributed by atoms with E-state index in [1.807, 2.05) is 0 Å². The van der Waals surface area contributed by atoms with Gasteiger partial charge in [-0.15, -0.1) is 0 Å². The van der Waals surface area contributed by atoms with Gasteiger partial charge >= 0.3 is 0 Å². The predicted octanol–water partition coefficient (Wildman–Crippen LogP) is 3.11. The Morgan fingerprint density at radius 1 is 1.22 bits per heavy atom. The van der Waals surface area contributed by atoms with Crippen LogP contribution in [0.25, 0.3) is 0 Å². The van der Waals surface area contributed by atoms with E-state index in [0.717, 1.165) is 25.9 Å². The SMILES string of the molecule is Cc1[nH]c(C(=O)Nc2cc(C(N)=O)ccc2OC2CCNCC2)c(Cl)c1Cl. The topological polar surface area (TPSA) is 109 Å². The van der Waals surface area contributed by atoms with Crippen molar-refractivity contribution in [1.29, 1.82) is 0 Å². The summed E-state index contributed by atoms with van der Waals surface area (Å²) in [5.41, 5.74) is 6.68. The van der Waals surface area contributed by atoms with E-state index >= 15 is 0 Å². The van der Waals surface area contributed by atoms with Gasteiger partial charge in [0.25, 0.3) is 5.91 Å². The van der Waals surface area contributed by atoms with Crippen molar-refractivity contribution in [3.8, 4) is 5.75 Å². The van der Waals surface area contributed by atoms with Gasteiger partial charge in [0.05, 0.1) is 15.7 Å². The summed E-state index contributed by atoms with van der Waals surface area (Å²) in [5.74, 6) is -0.631. The number of H-pyrrole nitrogens is 1. The molecule has 0 spiro atoms. The number of primary amides is 1. The molecule has 27 heavy (non-hydrogen) atoms. The predicted molar refractivity (Wildman–Crippen MR) is 105 cm³/mol. The molecule has 144 valence electrons. The summed E-state index contributed by atoms with van der Waals surface area (Å²) in [4.78, 5) is 27.0. The zero-order valence-corrected chi connectivity index (χ0v) is 16.2. The molecule has 1 aromatic carbocycles. The van der Waals surface area contributed by atoms with Crippen LogP contribution in [0.5, 0.6) is 5.75 Å². The largest absolute Gasteiger partial charge is 0.488 e. The average molecular weight is 411 g/mol. The first-order valence-electron chi connectivity index (χ1n) is 8.53. The Balaban J connectivity index is 1.88. The van der Waals surface area contributed by atoms with Crippen LogP contribution in [0, 0.1) is 6.92 Å². The summed E-state index contributed by atoms with van der Waals surface area (Å²) in [6, 6.07) is 4.69. The van der Waals surface area contributed by atoms with Crippen molar-refractivity contribution in [3.05, 3.63) is 45.2 Å². The lowest BCUT2D eigenvalue weighted by molar-refractivity contribution is 0.0995. The highest BCUT2D eigenvalue weighted by molar-refractivity contribution is 6.44. The number of nitrogens with two attached hydrogens (primary N) is 1. The van der Waals surface area contributed by atoms with Gasteiger partial charge in [0.2, 0.25) is 5.91 Å². The molecule has 2 amide bonds. The number of hydrogen-bond donors (Lipinski definition) is 4. The highest BCUT2D eigenvalue weighted by Crippen LogP contribution is 2.32. The van der Waals surface area contributed by atoms with E-state index in [0.29, 0.717) is 22.2 Å². The standard InChI is InChI=1S/C18H20Cl2N4O3/c1-9-14(19)15(20)16(23-9)18(26)24-12-8-10(17(21)25)2-3-13(12)27-11-4-6-22-7-5-11/h2-3,8,11,22-23H,4-7H2,1H3,(H2,21,25)(H,24,26). The van der Waals surface area contributed by atoms with Crippen molar-refractivity contribution in [2.24, 2.45) is 5.73 Å². The summed E-state index contributed by atoms with van der Waals surface area (Å²) >= 11 is 12.2. The molecular weight excluding hydrogens is 391 g/mol. The summed E-state index contributed by atoms with van der Waals surface area (Å²) in [6.07, 6.45) is 1.72. The third-order valence-electron chi connectivity index (χ3n) is 4.37. The Kier molecular flexibility index (Phi) is 5.94. The van der Waals surface area contributed by atoms with E-state index in [2.05, 4.69) is 15.6 Å². The number of ether oxygens (including phenoxy) is 1. The van der Waals surface area contributed by atoms with Gasteiger partial charge in [-0.05, 0) is 51.1 Å². The quantitative estimate of drug-likeness (QED) is 0.606. The molecule has 0 bridgehead atoms. The van der Waals surface area contributed by atoms with Gasteiger partial charge < -0.3 is 26.1 Å². The van der Waals surface area contributed by atoms with Crippen molar-refractivity contribution in [2.75, 3.05) is 18.4 Å². The Labute approximate surface area is 166 Å². The zero-order chi connectivity index (χ0) is 19.6. The van der Waals surface area contributed by atoms with Gasteiger partial charge in [-0.1, -0.05) is 23.2 Å². The number of anilines is 1. The number of hydrogen-bond acceptors (Lipinski definition) is 4. The molecule has 0 radical (unpaired) electrons. The molecule has 1 aromatic heterocycles. The molecular formula is C18H20Cl2N4O3. The minimum atomic E-state index is -0.601. The minimum Gasteiger partial charge on any atom is -0.488 e. The lowest BCUT2D eigenvalue weighted by Gasteiger charge is -2.25. The molecule has 1 aliphatic rings. The van der Waals surface area contributed by atoms with Crippen molar-refractivity contribution < 1.29 is 14.3 Å². The highest BCUT2D eigenvalue weighted by Gasteiger charge is 2.21. The number of benzene rings is 1. The van der Waals surface area contributed by atoms with Gasteiger partial charge in [-0.25, -0.2) is 0 Å². The first-order valence-corrected chi connectivity index (χ1v) is 9.28. The van der Waals surface area contributed by atoms with Gasteiger partial charge in [0, 0.05) is 11.3 Å². The molecule has 0 unspecified atom stereocenters. The van der Waals surface area contributed by atoms with E-state index < -0.39 is 11.8 Å². The molecule has 1 saturated heterocycles. The second-order valence-electron chi connectivity index (χ2n) is 6.35. The maximum Gasteiger partial charge on any atom is 0.273 e. The van der Waals surface area contributed by atoms with E-state index in [1.165, 1.54) is 6.07 Å². The molecule has 0 atom stereocenters. The number of carbonyl (C=O) groups excluding carboxylic acids is 2. The third kappa shape index (κ3) is 4.37. The Morgan fingerprint density at radius 3 is 2.52 bits per heavy atom. The average Bonchev–Trinajstić information content (AvgIpc) is 2.91. The van der Waals surface area contributed by atoms with E-state index in [-0.39, 0.29) is 22.4 Å². The summed E-state index contributed by atoms with van der Waals surface area (Å²) in [5, 5.41) is 6.42. The fourth-order valence-corrected chi connectivity index (χ4v) is 3.31. The van der Waals surface area contributed by atoms with E-state index in [4.69, 9.17) is 33.7 Å². The number of halogens is 2. The van der Waals surface area contributed by atoms with Crippen LogP contribution < -0.4 is 21.1 Å². The lowest BCUT2D eigenvalue weighted by atomic mass is 10.1. The van der Waals surface area contributed by atoms with Crippen molar-refractivity contribution >= 4 is 40.7 Å². The maximum atomic E-state index is 12.7. The molecule has 2 heterocycles. The van der Waals surface area contributed by atoms with Crippen molar-refractivity contribution in [3.63, 3.8) is 0 Å².